The Labute approximate surface area is 166 Å². The number of hydrogen-bond acceptors (Lipinski definition) is 7. The van der Waals surface area contributed by atoms with Gasteiger partial charge in [0.15, 0.2) is 6.04 Å². The van der Waals surface area contributed by atoms with E-state index in [9.17, 15) is 9.59 Å². The number of alkyl carbamates (subject to hydrolysis) is 1. The lowest BCUT2D eigenvalue weighted by atomic mass is 10.1. The summed E-state index contributed by atoms with van der Waals surface area (Å²) < 4.78 is 16.4. The van der Waals surface area contributed by atoms with Crippen LogP contribution < -0.4 is 5.32 Å². The predicted molar refractivity (Wildman–Crippen MR) is 108 cm³/mol. The second-order valence-corrected chi connectivity index (χ2v) is 9.31. The Kier molecular flexibility index (Phi) is 8.35. The largest absolute Gasteiger partial charge is 0.460 e. The maximum absolute atomic E-state index is 12.3. The molecular weight excluding hydrogens is 368 g/mol. The first-order valence-corrected chi connectivity index (χ1v) is 9.96. The summed E-state index contributed by atoms with van der Waals surface area (Å²) in [5.74, 6) is 0.0536. The van der Waals surface area contributed by atoms with E-state index in [1.807, 2.05) is 27.7 Å². The van der Waals surface area contributed by atoms with Gasteiger partial charge in [-0.2, -0.15) is 0 Å². The van der Waals surface area contributed by atoms with Crippen LogP contribution in [0.2, 0.25) is 0 Å². The second-order valence-electron chi connectivity index (χ2n) is 8.27. The van der Waals surface area contributed by atoms with Gasteiger partial charge in [-0.25, -0.2) is 9.59 Å². The Hall–Kier alpha value is -1.54. The Morgan fingerprint density at radius 3 is 2.44 bits per heavy atom. The monoisotopic (exact) mass is 400 g/mol. The highest BCUT2D eigenvalue weighted by Crippen LogP contribution is 2.25. The fourth-order valence-corrected chi connectivity index (χ4v) is 3.53. The molecule has 1 aliphatic heterocycles. The van der Waals surface area contributed by atoms with E-state index in [-0.39, 0.29) is 12.7 Å². The maximum Gasteiger partial charge on any atom is 0.408 e. The molecule has 1 rings (SSSR count). The van der Waals surface area contributed by atoms with Crippen molar-refractivity contribution >= 4 is 28.9 Å². The topological polar surface area (TPSA) is 86.2 Å². The smallest absolute Gasteiger partial charge is 0.408 e. The SMILES string of the molecule is C=CCOC(=O)C1CSC([C@@H](NC(=O)OC(C)(C)C)C(C)OC(C)(C)C)=N1. The van der Waals surface area contributed by atoms with Crippen molar-refractivity contribution in [3.8, 4) is 0 Å². The first kappa shape index (κ1) is 23.5. The Balaban J connectivity index is 2.95. The third-order valence-corrected chi connectivity index (χ3v) is 4.37. The number of esters is 1. The number of nitrogens with one attached hydrogen (secondary N) is 1. The number of ether oxygens (including phenoxy) is 3. The number of amides is 1. The highest BCUT2D eigenvalue weighted by atomic mass is 32.2. The fourth-order valence-electron chi connectivity index (χ4n) is 2.36. The molecular formula is C19H32N2O5S. The summed E-state index contributed by atoms with van der Waals surface area (Å²) in [5.41, 5.74) is -1.02. The van der Waals surface area contributed by atoms with Gasteiger partial charge < -0.3 is 19.5 Å². The predicted octanol–water partition coefficient (Wildman–Crippen LogP) is 3.33. The quantitative estimate of drug-likeness (QED) is 0.521. The Morgan fingerprint density at radius 2 is 1.93 bits per heavy atom. The molecule has 3 atom stereocenters. The summed E-state index contributed by atoms with van der Waals surface area (Å²) in [7, 11) is 0. The molecule has 0 bridgehead atoms. The molecule has 154 valence electrons. The summed E-state index contributed by atoms with van der Waals surface area (Å²) in [4.78, 5) is 28.8. The number of carbonyl (C=O) groups is 2. The zero-order valence-corrected chi connectivity index (χ0v) is 18.1. The lowest BCUT2D eigenvalue weighted by molar-refractivity contribution is -0.143. The molecule has 2 unspecified atom stereocenters. The highest BCUT2D eigenvalue weighted by molar-refractivity contribution is 8.14. The zero-order valence-electron chi connectivity index (χ0n) is 17.3. The van der Waals surface area contributed by atoms with Crippen LogP contribution in [0.4, 0.5) is 4.79 Å². The average Bonchev–Trinajstić information content (AvgIpc) is 2.96. The zero-order chi connectivity index (χ0) is 20.8. The molecule has 1 aliphatic rings. The molecule has 0 aromatic heterocycles. The van der Waals surface area contributed by atoms with Crippen molar-refractivity contribution in [2.75, 3.05) is 12.4 Å². The van der Waals surface area contributed by atoms with Crippen LogP contribution in [0, 0.1) is 0 Å². The van der Waals surface area contributed by atoms with Crippen LogP contribution in [0.15, 0.2) is 17.6 Å². The van der Waals surface area contributed by atoms with Crippen molar-refractivity contribution in [3.05, 3.63) is 12.7 Å². The van der Waals surface area contributed by atoms with Crippen LogP contribution in [0.3, 0.4) is 0 Å². The Bertz CT molecular complexity index is 578. The van der Waals surface area contributed by atoms with Crippen LogP contribution in [0.5, 0.6) is 0 Å². The molecule has 0 aliphatic carbocycles. The number of thioether (sulfide) groups is 1. The van der Waals surface area contributed by atoms with E-state index in [0.29, 0.717) is 10.8 Å². The van der Waals surface area contributed by atoms with E-state index in [1.165, 1.54) is 17.8 Å². The standard InChI is InChI=1S/C19H32N2O5S/c1-9-10-24-16(22)13-11-27-15(20-13)14(12(2)25-18(3,4)5)21-17(23)26-19(6,7)8/h9,12-14H,1,10-11H2,2-8H3,(H,21,23)/t12?,13?,14-/m0/s1. The van der Waals surface area contributed by atoms with Crippen LogP contribution in [0.1, 0.15) is 48.5 Å². The van der Waals surface area contributed by atoms with Crippen molar-refractivity contribution < 1.29 is 23.8 Å². The molecule has 0 spiro atoms. The number of rotatable bonds is 7. The van der Waals surface area contributed by atoms with E-state index >= 15 is 0 Å². The van der Waals surface area contributed by atoms with Crippen LogP contribution >= 0.6 is 11.8 Å². The molecule has 0 radical (unpaired) electrons. The lowest BCUT2D eigenvalue weighted by Crippen LogP contribution is -2.50. The third kappa shape index (κ3) is 8.79. The van der Waals surface area contributed by atoms with Crippen LogP contribution in [-0.2, 0) is 19.0 Å². The first-order valence-electron chi connectivity index (χ1n) is 8.98. The summed E-state index contributed by atoms with van der Waals surface area (Å²) in [6.07, 6.45) is 0.584. The van der Waals surface area contributed by atoms with E-state index in [1.54, 1.807) is 20.8 Å². The van der Waals surface area contributed by atoms with E-state index in [2.05, 4.69) is 16.9 Å². The first-order chi connectivity index (χ1) is 12.3. The number of aliphatic imine (C=N–C) groups is 1. The minimum atomic E-state index is -0.621. The van der Waals surface area contributed by atoms with Gasteiger partial charge in [0.05, 0.1) is 16.7 Å². The van der Waals surface area contributed by atoms with Gasteiger partial charge in [-0.05, 0) is 48.5 Å². The summed E-state index contributed by atoms with van der Waals surface area (Å²) >= 11 is 1.41. The average molecular weight is 401 g/mol. The van der Waals surface area contributed by atoms with Gasteiger partial charge in [-0.1, -0.05) is 12.7 Å². The molecule has 1 N–H and O–H groups in total. The lowest BCUT2D eigenvalue weighted by Gasteiger charge is -2.32. The molecule has 1 amide bonds. The van der Waals surface area contributed by atoms with Crippen LogP contribution in [0.25, 0.3) is 0 Å². The number of carbonyl (C=O) groups excluding carboxylic acids is 2. The maximum atomic E-state index is 12.3. The molecule has 0 aromatic rings. The number of hydrogen-bond donors (Lipinski definition) is 1. The van der Waals surface area contributed by atoms with Crippen molar-refractivity contribution in [1.82, 2.24) is 5.32 Å². The van der Waals surface area contributed by atoms with Gasteiger partial charge in [-0.3, -0.25) is 4.99 Å². The fraction of sp³-hybridized carbons (Fsp3) is 0.737. The third-order valence-electron chi connectivity index (χ3n) is 3.23. The highest BCUT2D eigenvalue weighted by Gasteiger charge is 2.36. The Morgan fingerprint density at radius 1 is 1.30 bits per heavy atom. The minimum Gasteiger partial charge on any atom is -0.460 e. The molecule has 1 heterocycles. The summed E-state index contributed by atoms with van der Waals surface area (Å²) in [6, 6.07) is -1.13. The number of nitrogens with zero attached hydrogens (tertiary/aromatic N) is 1. The minimum absolute atomic E-state index is 0.147. The van der Waals surface area contributed by atoms with E-state index < -0.39 is 35.3 Å². The van der Waals surface area contributed by atoms with Gasteiger partial charge >= 0.3 is 12.1 Å². The van der Waals surface area contributed by atoms with Gasteiger partial charge in [0.2, 0.25) is 0 Å². The van der Waals surface area contributed by atoms with E-state index in [4.69, 9.17) is 14.2 Å². The van der Waals surface area contributed by atoms with Crippen molar-refractivity contribution in [2.45, 2.75) is 77.9 Å². The molecule has 0 saturated heterocycles. The van der Waals surface area contributed by atoms with Gasteiger partial charge in [-0.15, -0.1) is 11.8 Å². The van der Waals surface area contributed by atoms with Crippen molar-refractivity contribution in [1.29, 1.82) is 0 Å². The van der Waals surface area contributed by atoms with Crippen molar-refractivity contribution in [3.63, 3.8) is 0 Å². The molecule has 0 aromatic carbocycles. The van der Waals surface area contributed by atoms with Gasteiger partial charge in [0.25, 0.3) is 0 Å². The van der Waals surface area contributed by atoms with Gasteiger partial charge in [0, 0.05) is 5.75 Å². The molecule has 0 saturated carbocycles. The normalized spacial score (nSPS) is 19.7. The molecule has 8 heteroatoms. The second kappa shape index (κ2) is 9.59. The van der Waals surface area contributed by atoms with Gasteiger partial charge in [0.1, 0.15) is 18.2 Å². The molecule has 27 heavy (non-hydrogen) atoms. The molecule has 7 nitrogen and oxygen atoms in total. The molecule has 0 fully saturated rings. The van der Waals surface area contributed by atoms with Crippen LogP contribution in [-0.4, -0.2) is 58.9 Å². The summed E-state index contributed by atoms with van der Waals surface area (Å²) in [6.45, 7) is 16.7. The van der Waals surface area contributed by atoms with Crippen molar-refractivity contribution in [2.24, 2.45) is 4.99 Å². The summed E-state index contributed by atoms with van der Waals surface area (Å²) in [5, 5.41) is 3.46. The van der Waals surface area contributed by atoms with E-state index in [0.717, 1.165) is 0 Å².